The van der Waals surface area contributed by atoms with E-state index < -0.39 is 0 Å². The highest BCUT2D eigenvalue weighted by Crippen LogP contribution is 2.06. The van der Waals surface area contributed by atoms with Crippen molar-refractivity contribution in [3.8, 4) is 0 Å². The number of carbonyl (C=O) groups excluding carboxylic acids is 1. The number of carbonyl (C=O) groups is 1. The van der Waals surface area contributed by atoms with Crippen molar-refractivity contribution in [3.63, 3.8) is 0 Å². The van der Waals surface area contributed by atoms with E-state index in [2.05, 4.69) is 76.8 Å². The first-order chi connectivity index (χ1) is 13.6. The Kier molecular flexibility index (Phi) is 19.8. The lowest BCUT2D eigenvalue weighted by molar-refractivity contribution is -0.122. The number of hydrogen-bond acceptors (Lipinski definition) is 2. The van der Waals surface area contributed by atoms with Crippen molar-refractivity contribution in [1.82, 2.24) is 5.32 Å². The molecular weight excluding hydrogens is 414 g/mol. The molecule has 0 heterocycles. The summed E-state index contributed by atoms with van der Waals surface area (Å²) in [5.41, 5.74) is 0. The average Bonchev–Trinajstić information content (AvgIpc) is 2.68. The Labute approximate surface area is 181 Å². The van der Waals surface area contributed by atoms with Crippen LogP contribution in [0.4, 0.5) is 0 Å². The summed E-state index contributed by atoms with van der Waals surface area (Å²) in [5, 5.41) is 12.8. The number of alkyl halides is 1. The number of halogens is 1. The van der Waals surface area contributed by atoms with E-state index in [1.807, 2.05) is 0 Å². The van der Waals surface area contributed by atoms with Crippen molar-refractivity contribution >= 4 is 21.8 Å². The van der Waals surface area contributed by atoms with Gasteiger partial charge in [0, 0.05) is 17.8 Å². The summed E-state index contributed by atoms with van der Waals surface area (Å²) in [4.78, 5) is 11.5. The summed E-state index contributed by atoms with van der Waals surface area (Å²) in [7, 11) is 0. The summed E-state index contributed by atoms with van der Waals surface area (Å²) < 4.78 is 0. The largest absolute Gasteiger partial charge is 0.394 e. The number of rotatable bonds is 17. The van der Waals surface area contributed by atoms with Gasteiger partial charge < -0.3 is 10.4 Å². The van der Waals surface area contributed by atoms with Crippen LogP contribution in [0.15, 0.2) is 48.6 Å². The van der Waals surface area contributed by atoms with E-state index in [1.54, 1.807) is 6.92 Å². The van der Waals surface area contributed by atoms with Gasteiger partial charge in [-0.3, -0.25) is 4.79 Å². The summed E-state index contributed by atoms with van der Waals surface area (Å²) in [6.45, 7) is 4.01. The lowest BCUT2D eigenvalue weighted by Gasteiger charge is -2.09. The van der Waals surface area contributed by atoms with Crippen molar-refractivity contribution in [2.45, 2.75) is 77.7 Å². The minimum absolute atomic E-state index is 0.0133. The van der Waals surface area contributed by atoms with Crippen molar-refractivity contribution in [2.24, 2.45) is 5.92 Å². The van der Waals surface area contributed by atoms with Crippen molar-refractivity contribution < 1.29 is 9.90 Å². The molecule has 0 aromatic rings. The van der Waals surface area contributed by atoms with Crippen LogP contribution in [0.2, 0.25) is 0 Å². The Balaban J connectivity index is 3.65. The second-order valence-electron chi connectivity index (χ2n) is 7.21. The maximum Gasteiger partial charge on any atom is 0.220 e. The van der Waals surface area contributed by atoms with Crippen molar-refractivity contribution in [2.75, 3.05) is 11.9 Å². The number of allylic oxidation sites excluding steroid dienone is 8. The van der Waals surface area contributed by atoms with E-state index in [-0.39, 0.29) is 18.6 Å². The molecule has 0 radical (unpaired) electrons. The van der Waals surface area contributed by atoms with E-state index in [9.17, 15) is 4.79 Å². The maximum absolute atomic E-state index is 11.5. The number of nitrogens with one attached hydrogen (secondary N) is 1. The van der Waals surface area contributed by atoms with E-state index >= 15 is 0 Å². The zero-order valence-corrected chi connectivity index (χ0v) is 19.4. The summed E-state index contributed by atoms with van der Waals surface area (Å²) in [6, 6.07) is -0.157. The first-order valence-corrected chi connectivity index (χ1v) is 11.8. The molecule has 4 heteroatoms. The molecule has 0 saturated carbocycles. The van der Waals surface area contributed by atoms with Gasteiger partial charge in [-0.25, -0.2) is 0 Å². The number of aliphatic hydroxyl groups excluding tert-OH is 1. The standard InChI is InChI=1S/C24H40BrNO2/c1-22(18-14-10-8-12-16-20-25)17-13-9-6-4-3-5-7-11-15-19-24(28)26-23(2)21-27/h4-7,13-14,17-18,22-23,27H,3,8-12,15-16,19-21H2,1-2H3,(H,26,28)/b6-4-,7-5-,17-13-,18-14-/t22-,23-/m1/s1. The molecule has 2 atom stereocenters. The van der Waals surface area contributed by atoms with E-state index in [1.165, 1.54) is 25.7 Å². The molecular formula is C24H40BrNO2. The van der Waals surface area contributed by atoms with Gasteiger partial charge in [-0.1, -0.05) is 77.9 Å². The molecule has 0 aromatic carbocycles. The predicted octanol–water partition coefficient (Wildman–Crippen LogP) is 6.25. The lowest BCUT2D eigenvalue weighted by Crippen LogP contribution is -2.34. The quantitative estimate of drug-likeness (QED) is 0.155. The van der Waals surface area contributed by atoms with Crippen LogP contribution in [0.1, 0.15) is 71.6 Å². The molecule has 0 bridgehead atoms. The number of unbranched alkanes of at least 4 members (excludes halogenated alkanes) is 4. The molecule has 1 amide bonds. The van der Waals surface area contributed by atoms with Crippen LogP contribution in [-0.4, -0.2) is 29.0 Å². The third kappa shape index (κ3) is 19.6. The van der Waals surface area contributed by atoms with Crippen molar-refractivity contribution in [3.05, 3.63) is 48.6 Å². The second kappa shape index (κ2) is 20.6. The highest BCUT2D eigenvalue weighted by atomic mass is 79.9. The van der Waals surface area contributed by atoms with E-state index in [4.69, 9.17) is 5.11 Å². The second-order valence-corrected chi connectivity index (χ2v) is 8.00. The molecule has 0 aliphatic heterocycles. The Morgan fingerprint density at radius 3 is 2.25 bits per heavy atom. The minimum atomic E-state index is -0.157. The van der Waals surface area contributed by atoms with Crippen LogP contribution >= 0.6 is 15.9 Å². The number of aliphatic hydroxyl groups is 1. The van der Waals surface area contributed by atoms with Gasteiger partial charge >= 0.3 is 0 Å². The predicted molar refractivity (Wildman–Crippen MR) is 126 cm³/mol. The average molecular weight is 454 g/mol. The monoisotopic (exact) mass is 453 g/mol. The fourth-order valence-corrected chi connectivity index (χ4v) is 2.93. The van der Waals surface area contributed by atoms with Crippen molar-refractivity contribution in [1.29, 1.82) is 0 Å². The SMILES string of the molecule is C[C@H](/C=C\C/C=C\C/C=C\CCCC(=O)N[C@H](C)CO)/C=C\CCCCCBr. The Hall–Kier alpha value is -1.13. The first kappa shape index (κ1) is 26.9. The van der Waals surface area contributed by atoms with Crippen LogP contribution in [0, 0.1) is 5.92 Å². The van der Waals surface area contributed by atoms with E-state index in [0.717, 1.165) is 31.0 Å². The summed E-state index contributed by atoms with van der Waals surface area (Å²) in [6.07, 6.45) is 27.0. The van der Waals surface area contributed by atoms with Gasteiger partial charge in [0.1, 0.15) is 0 Å². The Bertz CT molecular complexity index is 483. The Morgan fingerprint density at radius 1 is 0.893 bits per heavy atom. The maximum atomic E-state index is 11.5. The van der Waals surface area contributed by atoms with Crippen LogP contribution in [0.5, 0.6) is 0 Å². The molecule has 3 nitrogen and oxygen atoms in total. The fraction of sp³-hybridized carbons (Fsp3) is 0.625. The zero-order valence-electron chi connectivity index (χ0n) is 17.8. The molecule has 0 aliphatic carbocycles. The molecule has 0 fully saturated rings. The zero-order chi connectivity index (χ0) is 20.9. The highest BCUT2D eigenvalue weighted by molar-refractivity contribution is 9.09. The molecule has 28 heavy (non-hydrogen) atoms. The van der Waals surface area contributed by atoms with Crippen LogP contribution < -0.4 is 5.32 Å². The Morgan fingerprint density at radius 2 is 1.54 bits per heavy atom. The molecule has 0 saturated heterocycles. The highest BCUT2D eigenvalue weighted by Gasteiger charge is 2.04. The lowest BCUT2D eigenvalue weighted by atomic mass is 10.1. The number of hydrogen-bond donors (Lipinski definition) is 2. The molecule has 0 unspecified atom stereocenters. The minimum Gasteiger partial charge on any atom is -0.394 e. The van der Waals surface area contributed by atoms with Gasteiger partial charge in [0.25, 0.3) is 0 Å². The fourth-order valence-electron chi connectivity index (χ4n) is 2.54. The molecule has 2 N–H and O–H groups in total. The molecule has 0 rings (SSSR count). The molecule has 160 valence electrons. The topological polar surface area (TPSA) is 49.3 Å². The molecule has 0 spiro atoms. The van der Waals surface area contributed by atoms with Crippen LogP contribution in [0.25, 0.3) is 0 Å². The molecule has 0 aromatic heterocycles. The van der Waals surface area contributed by atoms with Gasteiger partial charge in [-0.05, 0) is 57.8 Å². The molecule has 0 aliphatic rings. The number of amides is 1. The van der Waals surface area contributed by atoms with Crippen LogP contribution in [0.3, 0.4) is 0 Å². The third-order valence-electron chi connectivity index (χ3n) is 4.22. The van der Waals surface area contributed by atoms with Gasteiger partial charge in [0.2, 0.25) is 5.91 Å². The van der Waals surface area contributed by atoms with Crippen LogP contribution in [-0.2, 0) is 4.79 Å². The van der Waals surface area contributed by atoms with Gasteiger partial charge in [-0.15, -0.1) is 0 Å². The summed E-state index contributed by atoms with van der Waals surface area (Å²) in [5.74, 6) is 0.516. The smallest absolute Gasteiger partial charge is 0.220 e. The normalized spacial score (nSPS) is 14.6. The van der Waals surface area contributed by atoms with Gasteiger partial charge in [-0.2, -0.15) is 0 Å². The van der Waals surface area contributed by atoms with Gasteiger partial charge in [0.15, 0.2) is 0 Å². The first-order valence-electron chi connectivity index (χ1n) is 10.7. The third-order valence-corrected chi connectivity index (χ3v) is 4.78. The van der Waals surface area contributed by atoms with Gasteiger partial charge in [0.05, 0.1) is 6.61 Å². The van der Waals surface area contributed by atoms with E-state index in [0.29, 0.717) is 12.3 Å². The summed E-state index contributed by atoms with van der Waals surface area (Å²) >= 11 is 3.46.